The quantitative estimate of drug-likeness (QED) is 0.153. The van der Waals surface area contributed by atoms with Crippen molar-refractivity contribution in [3.8, 4) is 11.5 Å². The highest BCUT2D eigenvalue weighted by atomic mass is 16.3. The summed E-state index contributed by atoms with van der Waals surface area (Å²) >= 11 is 0. The maximum absolute atomic E-state index is 11.7. The number of nitrogens with one attached hydrogen (secondary N) is 2. The molecule has 46 heavy (non-hydrogen) atoms. The summed E-state index contributed by atoms with van der Waals surface area (Å²) in [4.78, 5) is 23.5. The Morgan fingerprint density at radius 1 is 0.522 bits per heavy atom. The number of aryl methyl sites for hydroxylation is 2. The van der Waals surface area contributed by atoms with Crippen molar-refractivity contribution in [2.75, 3.05) is 0 Å². The number of phenols is 2. The number of phenolic OH excluding ortho intramolecular Hbond substituents is 2. The van der Waals surface area contributed by atoms with Gasteiger partial charge in [0.05, 0.1) is 12.1 Å². The van der Waals surface area contributed by atoms with Gasteiger partial charge in [-0.15, -0.1) is 0 Å². The van der Waals surface area contributed by atoms with Crippen LogP contribution in [0.5, 0.6) is 11.5 Å². The lowest BCUT2D eigenvalue weighted by Crippen LogP contribution is -2.27. The van der Waals surface area contributed by atoms with Gasteiger partial charge in [-0.3, -0.25) is 9.59 Å². The minimum absolute atomic E-state index is 0.135. The number of hydrogen-bond donors (Lipinski definition) is 4. The van der Waals surface area contributed by atoms with Crippen LogP contribution in [0.1, 0.15) is 59.3 Å². The van der Waals surface area contributed by atoms with Crippen molar-refractivity contribution in [1.29, 1.82) is 0 Å². The first-order chi connectivity index (χ1) is 22.1. The summed E-state index contributed by atoms with van der Waals surface area (Å²) in [6, 6.07) is 38.0. The number of amides is 2. The van der Waals surface area contributed by atoms with Crippen LogP contribution in [0.15, 0.2) is 121 Å². The van der Waals surface area contributed by atoms with Crippen LogP contribution in [0.25, 0.3) is 21.5 Å². The Hall–Kier alpha value is -5.62. The average Bonchev–Trinajstić information content (AvgIpc) is 3.03. The fraction of sp³-hybridized carbons (Fsp3) is 0.150. The number of hydrogen-bond acceptors (Lipinski definition) is 4. The number of fused-ring (bicyclic) bond motifs is 2. The molecule has 0 heterocycles. The van der Waals surface area contributed by atoms with Gasteiger partial charge >= 0.3 is 0 Å². The number of aromatic hydroxyl groups is 2. The normalized spacial score (nSPS) is 12.1. The van der Waals surface area contributed by atoms with Gasteiger partial charge in [-0.1, -0.05) is 120 Å². The maximum atomic E-state index is 11.7. The third-order valence-corrected chi connectivity index (χ3v) is 7.92. The zero-order chi connectivity index (χ0) is 32.8. The molecule has 0 unspecified atom stereocenters. The summed E-state index contributed by atoms with van der Waals surface area (Å²) in [5.41, 5.74) is 5.57. The monoisotopic (exact) mass is 610 g/mol. The molecule has 232 valence electrons. The van der Waals surface area contributed by atoms with Crippen LogP contribution in [0.2, 0.25) is 0 Å². The van der Waals surface area contributed by atoms with Gasteiger partial charge in [-0.2, -0.15) is 0 Å². The lowest BCUT2D eigenvalue weighted by molar-refractivity contribution is -0.120. The standard InChI is InChI=1S/2C20H19NO2/c2*1-13-6-5-8-16(12-13)20(21-14(2)22)19-17-9-4-3-7-15(17)10-11-18(19)23/h2*3-12,20,23H,1-2H3,(H,21,22)/t2*20-/m00/s1. The smallest absolute Gasteiger partial charge is 0.217 e. The van der Waals surface area contributed by atoms with E-state index in [0.29, 0.717) is 0 Å². The molecule has 0 aliphatic heterocycles. The van der Waals surface area contributed by atoms with E-state index < -0.39 is 12.1 Å². The molecule has 6 nitrogen and oxygen atoms in total. The summed E-state index contributed by atoms with van der Waals surface area (Å²) in [7, 11) is 0. The van der Waals surface area contributed by atoms with Gasteiger partial charge < -0.3 is 20.8 Å². The third kappa shape index (κ3) is 7.19. The number of carbonyl (C=O) groups is 2. The molecule has 0 spiro atoms. The van der Waals surface area contributed by atoms with Crippen LogP contribution in [-0.2, 0) is 9.59 Å². The van der Waals surface area contributed by atoms with Crippen LogP contribution in [-0.4, -0.2) is 22.0 Å². The molecule has 0 bridgehead atoms. The van der Waals surface area contributed by atoms with Gasteiger partial charge in [0.25, 0.3) is 0 Å². The zero-order valence-electron chi connectivity index (χ0n) is 26.4. The number of rotatable bonds is 6. The Bertz CT molecular complexity index is 1890. The Morgan fingerprint density at radius 2 is 0.913 bits per heavy atom. The summed E-state index contributed by atoms with van der Waals surface area (Å²) in [5, 5.41) is 30.8. The first-order valence-corrected chi connectivity index (χ1v) is 15.2. The third-order valence-electron chi connectivity index (χ3n) is 7.92. The van der Waals surface area contributed by atoms with E-state index in [2.05, 4.69) is 10.6 Å². The van der Waals surface area contributed by atoms with Crippen molar-refractivity contribution in [2.45, 2.75) is 39.8 Å². The second-order valence-corrected chi connectivity index (χ2v) is 11.5. The molecule has 2 atom stereocenters. The van der Waals surface area contributed by atoms with Gasteiger partial charge in [-0.25, -0.2) is 0 Å². The van der Waals surface area contributed by atoms with Crippen molar-refractivity contribution in [2.24, 2.45) is 0 Å². The maximum Gasteiger partial charge on any atom is 0.217 e. The number of benzene rings is 6. The van der Waals surface area contributed by atoms with Crippen molar-refractivity contribution >= 4 is 33.4 Å². The minimum Gasteiger partial charge on any atom is -0.508 e. The Morgan fingerprint density at radius 3 is 1.28 bits per heavy atom. The van der Waals surface area contributed by atoms with E-state index >= 15 is 0 Å². The average molecular weight is 611 g/mol. The molecular formula is C40H38N2O4. The van der Waals surface area contributed by atoms with E-state index in [9.17, 15) is 19.8 Å². The SMILES string of the molecule is CC(=O)N[C@@H](c1cccc(C)c1)c1c(O)ccc2ccccc12.CC(=O)N[C@@H](c1cccc(C)c1)c1c(O)ccc2ccccc12. The molecule has 0 aromatic heterocycles. The molecule has 6 aromatic carbocycles. The van der Waals surface area contributed by atoms with E-state index in [-0.39, 0.29) is 23.3 Å². The molecule has 6 heteroatoms. The van der Waals surface area contributed by atoms with Crippen LogP contribution >= 0.6 is 0 Å². The molecule has 0 radical (unpaired) electrons. The van der Waals surface area contributed by atoms with Crippen molar-refractivity contribution in [3.63, 3.8) is 0 Å². The molecule has 4 N–H and O–H groups in total. The number of carbonyl (C=O) groups excluding carboxylic acids is 2. The van der Waals surface area contributed by atoms with E-state index in [1.54, 1.807) is 12.1 Å². The Labute approximate surface area is 269 Å². The van der Waals surface area contributed by atoms with E-state index in [1.807, 2.05) is 123 Å². The first kappa shape index (κ1) is 31.8. The van der Waals surface area contributed by atoms with Gasteiger partial charge in [0.1, 0.15) is 11.5 Å². The van der Waals surface area contributed by atoms with Crippen LogP contribution in [0, 0.1) is 13.8 Å². The predicted octanol–water partition coefficient (Wildman–Crippen LogP) is 8.16. The molecule has 0 saturated carbocycles. The van der Waals surface area contributed by atoms with Crippen LogP contribution in [0.3, 0.4) is 0 Å². The highest BCUT2D eigenvalue weighted by Crippen LogP contribution is 2.37. The van der Waals surface area contributed by atoms with Crippen LogP contribution in [0.4, 0.5) is 0 Å². The first-order valence-electron chi connectivity index (χ1n) is 15.2. The highest BCUT2D eigenvalue weighted by molar-refractivity contribution is 5.90. The second kappa shape index (κ2) is 14.0. The fourth-order valence-corrected chi connectivity index (χ4v) is 5.93. The topological polar surface area (TPSA) is 98.7 Å². The molecule has 6 aromatic rings. The molecule has 0 aliphatic carbocycles. The lowest BCUT2D eigenvalue weighted by atomic mass is 9.92. The summed E-state index contributed by atoms with van der Waals surface area (Å²) in [5.74, 6) is 0.0978. The molecule has 0 saturated heterocycles. The van der Waals surface area contributed by atoms with Gasteiger partial charge in [-0.05, 0) is 58.7 Å². The summed E-state index contributed by atoms with van der Waals surface area (Å²) in [6.45, 7) is 7.00. The minimum atomic E-state index is -0.390. The Kier molecular flexibility index (Phi) is 9.67. The molecule has 0 fully saturated rings. The lowest BCUT2D eigenvalue weighted by Gasteiger charge is -2.22. The van der Waals surface area contributed by atoms with E-state index in [1.165, 1.54) is 13.8 Å². The molecular weight excluding hydrogens is 572 g/mol. The zero-order valence-corrected chi connectivity index (χ0v) is 26.4. The fourth-order valence-electron chi connectivity index (χ4n) is 5.93. The molecule has 0 aliphatic rings. The van der Waals surface area contributed by atoms with Gasteiger partial charge in [0.15, 0.2) is 0 Å². The van der Waals surface area contributed by atoms with Gasteiger partial charge in [0.2, 0.25) is 11.8 Å². The second-order valence-electron chi connectivity index (χ2n) is 11.5. The summed E-state index contributed by atoms with van der Waals surface area (Å²) < 4.78 is 0. The van der Waals surface area contributed by atoms with Crippen LogP contribution < -0.4 is 10.6 Å². The largest absolute Gasteiger partial charge is 0.508 e. The molecule has 6 rings (SSSR count). The predicted molar refractivity (Wildman–Crippen MR) is 185 cm³/mol. The Balaban J connectivity index is 0.000000181. The van der Waals surface area contributed by atoms with E-state index in [4.69, 9.17) is 0 Å². The summed E-state index contributed by atoms with van der Waals surface area (Å²) in [6.07, 6.45) is 0. The van der Waals surface area contributed by atoms with E-state index in [0.717, 1.165) is 54.9 Å². The molecule has 2 amide bonds. The van der Waals surface area contributed by atoms with Crippen molar-refractivity contribution in [1.82, 2.24) is 10.6 Å². The van der Waals surface area contributed by atoms with Crippen molar-refractivity contribution in [3.05, 3.63) is 155 Å². The highest BCUT2D eigenvalue weighted by Gasteiger charge is 2.23. The van der Waals surface area contributed by atoms with Gasteiger partial charge in [0, 0.05) is 25.0 Å². The van der Waals surface area contributed by atoms with Crippen molar-refractivity contribution < 1.29 is 19.8 Å².